The van der Waals surface area contributed by atoms with Crippen molar-refractivity contribution in [2.24, 2.45) is 4.99 Å². The highest BCUT2D eigenvalue weighted by Crippen LogP contribution is 2.12. The van der Waals surface area contributed by atoms with Crippen LogP contribution in [0.3, 0.4) is 0 Å². The average Bonchev–Trinajstić information content (AvgIpc) is 2.75. The highest BCUT2D eigenvalue weighted by atomic mass is 32.2. The maximum atomic E-state index is 12.3. The number of aliphatic imine (C=N–C) groups is 1. The van der Waals surface area contributed by atoms with Gasteiger partial charge < -0.3 is 20.1 Å². The predicted octanol–water partition coefficient (Wildman–Crippen LogP) is 1.66. The Morgan fingerprint density at radius 1 is 1.03 bits per heavy atom. The van der Waals surface area contributed by atoms with Crippen molar-refractivity contribution in [1.82, 2.24) is 15.4 Å². The van der Waals surface area contributed by atoms with Crippen LogP contribution in [0, 0.1) is 6.92 Å². The summed E-state index contributed by atoms with van der Waals surface area (Å²) in [6.07, 6.45) is 0. The Morgan fingerprint density at radius 2 is 1.80 bits per heavy atom. The molecule has 30 heavy (non-hydrogen) atoms. The van der Waals surface area contributed by atoms with Crippen LogP contribution in [0.5, 0.6) is 5.75 Å². The van der Waals surface area contributed by atoms with E-state index in [9.17, 15) is 8.42 Å². The molecule has 8 nitrogen and oxygen atoms in total. The van der Waals surface area contributed by atoms with Gasteiger partial charge in [0.25, 0.3) is 0 Å². The molecule has 0 radical (unpaired) electrons. The summed E-state index contributed by atoms with van der Waals surface area (Å²) in [5.41, 5.74) is 2.01. The third-order valence-corrected chi connectivity index (χ3v) is 5.63. The molecule has 0 aliphatic heterocycles. The number of ether oxygens (including phenoxy) is 2. The monoisotopic (exact) mass is 434 g/mol. The number of aryl methyl sites for hydroxylation is 1. The van der Waals surface area contributed by atoms with Crippen molar-refractivity contribution in [3.63, 3.8) is 0 Å². The van der Waals surface area contributed by atoms with Crippen LogP contribution in [-0.2, 0) is 21.3 Å². The molecule has 0 bridgehead atoms. The fourth-order valence-electron chi connectivity index (χ4n) is 2.56. The van der Waals surface area contributed by atoms with E-state index in [0.717, 1.165) is 11.3 Å². The predicted molar refractivity (Wildman–Crippen MR) is 118 cm³/mol. The lowest BCUT2D eigenvalue weighted by Crippen LogP contribution is -2.38. The van der Waals surface area contributed by atoms with Crippen molar-refractivity contribution in [1.29, 1.82) is 0 Å². The highest BCUT2D eigenvalue weighted by Gasteiger charge is 2.13. The van der Waals surface area contributed by atoms with Crippen molar-refractivity contribution in [3.8, 4) is 5.75 Å². The first kappa shape index (κ1) is 23.7. The van der Waals surface area contributed by atoms with E-state index >= 15 is 0 Å². The minimum Gasteiger partial charge on any atom is -0.492 e. The SMILES string of the molecule is CN=C(NCCOc1ccc(C)cc1)NCc1cccc(S(=O)(=O)NCCOC)c1. The zero-order chi connectivity index (χ0) is 21.8. The minimum absolute atomic E-state index is 0.215. The van der Waals surface area contributed by atoms with E-state index in [2.05, 4.69) is 20.3 Å². The summed E-state index contributed by atoms with van der Waals surface area (Å²) in [4.78, 5) is 4.39. The van der Waals surface area contributed by atoms with Crippen LogP contribution in [0.4, 0.5) is 0 Å². The van der Waals surface area contributed by atoms with Crippen LogP contribution in [0.2, 0.25) is 0 Å². The van der Waals surface area contributed by atoms with E-state index < -0.39 is 10.0 Å². The number of methoxy groups -OCH3 is 1. The largest absolute Gasteiger partial charge is 0.492 e. The number of sulfonamides is 1. The summed E-state index contributed by atoms with van der Waals surface area (Å²) in [6.45, 7) is 4.07. The van der Waals surface area contributed by atoms with Gasteiger partial charge in [0.05, 0.1) is 18.0 Å². The van der Waals surface area contributed by atoms with Gasteiger partial charge in [-0.1, -0.05) is 29.8 Å². The van der Waals surface area contributed by atoms with Crippen LogP contribution < -0.4 is 20.1 Å². The van der Waals surface area contributed by atoms with Gasteiger partial charge >= 0.3 is 0 Å². The number of benzene rings is 2. The van der Waals surface area contributed by atoms with Crippen LogP contribution >= 0.6 is 0 Å². The summed E-state index contributed by atoms with van der Waals surface area (Å²) in [5.74, 6) is 1.43. The Labute approximate surface area is 178 Å². The molecule has 0 aromatic heterocycles. The first-order valence-corrected chi connectivity index (χ1v) is 11.1. The number of hydrogen-bond donors (Lipinski definition) is 3. The van der Waals surface area contributed by atoms with Gasteiger partial charge in [-0.15, -0.1) is 0 Å². The third-order valence-electron chi connectivity index (χ3n) is 4.17. The molecule has 0 heterocycles. The molecule has 0 saturated carbocycles. The molecule has 164 valence electrons. The first-order chi connectivity index (χ1) is 14.4. The van der Waals surface area contributed by atoms with E-state index in [1.165, 1.54) is 12.7 Å². The van der Waals surface area contributed by atoms with Crippen molar-refractivity contribution in [3.05, 3.63) is 59.7 Å². The normalized spacial score (nSPS) is 11.9. The molecule has 0 aliphatic rings. The molecule has 0 unspecified atom stereocenters. The zero-order valence-electron chi connectivity index (χ0n) is 17.6. The lowest BCUT2D eigenvalue weighted by molar-refractivity contribution is 0.204. The maximum Gasteiger partial charge on any atom is 0.240 e. The molecule has 2 aromatic rings. The molecule has 3 N–H and O–H groups in total. The summed E-state index contributed by atoms with van der Waals surface area (Å²) >= 11 is 0. The Bertz CT molecular complexity index is 915. The zero-order valence-corrected chi connectivity index (χ0v) is 18.5. The van der Waals surface area contributed by atoms with Gasteiger partial charge in [0.15, 0.2) is 5.96 Å². The summed E-state index contributed by atoms with van der Waals surface area (Å²) in [5, 5.41) is 6.34. The van der Waals surface area contributed by atoms with E-state index in [1.807, 2.05) is 37.3 Å². The van der Waals surface area contributed by atoms with Gasteiger partial charge in [0, 0.05) is 27.2 Å². The van der Waals surface area contributed by atoms with E-state index in [-0.39, 0.29) is 11.4 Å². The molecular weight excluding hydrogens is 404 g/mol. The average molecular weight is 435 g/mol. The van der Waals surface area contributed by atoms with Crippen LogP contribution in [0.25, 0.3) is 0 Å². The highest BCUT2D eigenvalue weighted by molar-refractivity contribution is 7.89. The van der Waals surface area contributed by atoms with Gasteiger partial charge in [-0.25, -0.2) is 13.1 Å². The third kappa shape index (κ3) is 8.02. The molecule has 2 rings (SSSR count). The second-order valence-electron chi connectivity index (χ2n) is 6.55. The molecule has 0 saturated heterocycles. The number of hydrogen-bond acceptors (Lipinski definition) is 5. The smallest absolute Gasteiger partial charge is 0.240 e. The number of nitrogens with one attached hydrogen (secondary N) is 3. The Balaban J connectivity index is 1.81. The quantitative estimate of drug-likeness (QED) is 0.283. The fraction of sp³-hybridized carbons (Fsp3) is 0.381. The van der Waals surface area contributed by atoms with Crippen molar-refractivity contribution < 1.29 is 17.9 Å². The van der Waals surface area contributed by atoms with E-state index in [1.54, 1.807) is 25.2 Å². The Kier molecular flexibility index (Phi) is 9.59. The number of rotatable bonds is 11. The lowest BCUT2D eigenvalue weighted by Gasteiger charge is -2.13. The van der Waals surface area contributed by atoms with Crippen molar-refractivity contribution in [2.75, 3.05) is 40.5 Å². The van der Waals surface area contributed by atoms with E-state index in [4.69, 9.17) is 9.47 Å². The van der Waals surface area contributed by atoms with Crippen LogP contribution in [0.15, 0.2) is 58.4 Å². The molecule has 0 amide bonds. The molecular formula is C21H30N4O4S. The molecule has 9 heteroatoms. The fourth-order valence-corrected chi connectivity index (χ4v) is 3.65. The summed E-state index contributed by atoms with van der Waals surface area (Å²) in [6, 6.07) is 14.7. The van der Waals surface area contributed by atoms with Crippen LogP contribution in [-0.4, -0.2) is 54.8 Å². The minimum atomic E-state index is -3.57. The molecule has 0 aliphatic carbocycles. The first-order valence-electron chi connectivity index (χ1n) is 9.66. The lowest BCUT2D eigenvalue weighted by atomic mass is 10.2. The molecule has 0 fully saturated rings. The second-order valence-corrected chi connectivity index (χ2v) is 8.32. The van der Waals surface area contributed by atoms with Crippen molar-refractivity contribution in [2.45, 2.75) is 18.4 Å². The Morgan fingerprint density at radius 3 is 2.50 bits per heavy atom. The van der Waals surface area contributed by atoms with Gasteiger partial charge in [-0.2, -0.15) is 0 Å². The summed E-state index contributed by atoms with van der Waals surface area (Å²) < 4.78 is 37.7. The van der Waals surface area contributed by atoms with Crippen LogP contribution in [0.1, 0.15) is 11.1 Å². The van der Waals surface area contributed by atoms with Gasteiger partial charge in [-0.3, -0.25) is 4.99 Å². The second kappa shape index (κ2) is 12.2. The standard InChI is InChI=1S/C21H30N4O4S/c1-17-7-9-19(10-8-17)29-14-11-23-21(22-2)24-16-18-5-4-6-20(15-18)30(26,27)25-12-13-28-3/h4-10,15,25H,11-14,16H2,1-3H3,(H2,22,23,24). The molecule has 0 atom stereocenters. The van der Waals surface area contributed by atoms with E-state index in [0.29, 0.717) is 32.3 Å². The topological polar surface area (TPSA) is 101 Å². The van der Waals surface area contributed by atoms with Gasteiger partial charge in [0.1, 0.15) is 12.4 Å². The number of guanidine groups is 1. The van der Waals surface area contributed by atoms with Gasteiger partial charge in [0.2, 0.25) is 10.0 Å². The van der Waals surface area contributed by atoms with Gasteiger partial charge in [-0.05, 0) is 36.8 Å². The molecule has 2 aromatic carbocycles. The summed E-state index contributed by atoms with van der Waals surface area (Å²) in [7, 11) is -0.365. The maximum absolute atomic E-state index is 12.3. The Hall–Kier alpha value is -2.62. The number of nitrogens with zero attached hydrogens (tertiary/aromatic N) is 1. The van der Waals surface area contributed by atoms with Crippen molar-refractivity contribution >= 4 is 16.0 Å². The molecule has 0 spiro atoms.